The first-order chi connectivity index (χ1) is 15.8. The highest BCUT2D eigenvalue weighted by Crippen LogP contribution is 2.40. The molecule has 1 aromatic carbocycles. The second-order valence-electron chi connectivity index (χ2n) is 8.79. The van der Waals surface area contributed by atoms with Gasteiger partial charge in [0, 0.05) is 29.6 Å². The van der Waals surface area contributed by atoms with Crippen molar-refractivity contribution in [3.8, 4) is 11.3 Å². The smallest absolute Gasteiger partial charge is 0.238 e. The zero-order chi connectivity index (χ0) is 23.2. The molecule has 3 aromatic rings. The molecule has 1 unspecified atom stereocenters. The number of piperidine rings is 1. The van der Waals surface area contributed by atoms with E-state index in [9.17, 15) is 8.42 Å². The van der Waals surface area contributed by atoms with E-state index in [1.165, 1.54) is 18.6 Å². The Morgan fingerprint density at radius 1 is 1.06 bits per heavy atom. The number of fused-ring (bicyclic) bond motifs is 1. The molecule has 2 aliphatic rings. The van der Waals surface area contributed by atoms with E-state index in [-0.39, 0.29) is 11.1 Å². The summed E-state index contributed by atoms with van der Waals surface area (Å²) in [5, 5.41) is 9.00. The molecule has 0 spiro atoms. The quantitative estimate of drug-likeness (QED) is 0.616. The van der Waals surface area contributed by atoms with Crippen LogP contribution in [0.3, 0.4) is 0 Å². The molecule has 0 amide bonds. The topological polar surface area (TPSA) is 101 Å². The summed E-state index contributed by atoms with van der Waals surface area (Å²) in [4.78, 5) is 11.9. The molecule has 0 saturated carbocycles. The van der Waals surface area contributed by atoms with Gasteiger partial charge in [0.2, 0.25) is 10.0 Å². The van der Waals surface area contributed by atoms with Gasteiger partial charge in [0.25, 0.3) is 0 Å². The van der Waals surface area contributed by atoms with Crippen LogP contribution < -0.4 is 10.5 Å². The Morgan fingerprint density at radius 2 is 1.85 bits per heavy atom. The van der Waals surface area contributed by atoms with Crippen LogP contribution in [-0.4, -0.2) is 36.0 Å². The maximum atomic E-state index is 11.6. The lowest BCUT2D eigenvalue weighted by atomic mass is 9.96. The van der Waals surface area contributed by atoms with Crippen LogP contribution in [0.5, 0.6) is 0 Å². The van der Waals surface area contributed by atoms with Crippen LogP contribution in [0, 0.1) is 12.8 Å². The number of pyridine rings is 2. The van der Waals surface area contributed by atoms with Crippen LogP contribution in [-0.2, 0) is 10.0 Å². The van der Waals surface area contributed by atoms with Gasteiger partial charge >= 0.3 is 0 Å². The molecule has 4 heterocycles. The Morgan fingerprint density at radius 3 is 2.58 bits per heavy atom. The molecule has 0 bridgehead atoms. The summed E-state index contributed by atoms with van der Waals surface area (Å²) in [6.07, 6.45) is 4.36. The van der Waals surface area contributed by atoms with Gasteiger partial charge in [0.05, 0.1) is 27.7 Å². The van der Waals surface area contributed by atoms with Gasteiger partial charge in [-0.25, -0.2) is 13.6 Å². The molecular weight excluding hydrogens is 434 g/mol. The van der Waals surface area contributed by atoms with Gasteiger partial charge in [0.1, 0.15) is 6.17 Å². The van der Waals surface area contributed by atoms with Crippen molar-refractivity contribution in [3.63, 3.8) is 0 Å². The largest absolute Gasteiger partial charge is 0.361 e. The normalized spacial score (nSPS) is 20.5. The zero-order valence-corrected chi connectivity index (χ0v) is 19.5. The minimum Gasteiger partial charge on any atom is -0.361 e. The molecule has 1 saturated heterocycles. The molecule has 2 aromatic heterocycles. The van der Waals surface area contributed by atoms with Gasteiger partial charge in [-0.2, -0.15) is 0 Å². The minimum absolute atomic E-state index is 0.0862. The average molecular weight is 462 g/mol. The van der Waals surface area contributed by atoms with Crippen molar-refractivity contribution in [2.75, 3.05) is 6.54 Å². The molecule has 8 heteroatoms. The first kappa shape index (κ1) is 21.6. The van der Waals surface area contributed by atoms with Gasteiger partial charge in [-0.3, -0.25) is 9.97 Å². The Kier molecular flexibility index (Phi) is 5.42. The van der Waals surface area contributed by atoms with Gasteiger partial charge < -0.3 is 10.2 Å². The first-order valence-corrected chi connectivity index (χ1v) is 12.7. The van der Waals surface area contributed by atoms with E-state index in [0.29, 0.717) is 5.92 Å². The van der Waals surface area contributed by atoms with Crippen LogP contribution in [0.1, 0.15) is 36.7 Å². The van der Waals surface area contributed by atoms with Crippen molar-refractivity contribution in [2.45, 2.75) is 37.8 Å². The number of nitrogens with two attached hydrogens (primary N) is 1. The van der Waals surface area contributed by atoms with Crippen molar-refractivity contribution in [3.05, 3.63) is 77.7 Å². The lowest BCUT2D eigenvalue weighted by Crippen LogP contribution is -2.45. The van der Waals surface area contributed by atoms with E-state index in [4.69, 9.17) is 10.1 Å². The predicted octanol–water partition coefficient (Wildman–Crippen LogP) is 3.59. The number of nitrogens with zero attached hydrogens (tertiary/aromatic N) is 3. The van der Waals surface area contributed by atoms with Crippen LogP contribution in [0.15, 0.2) is 65.7 Å². The van der Waals surface area contributed by atoms with E-state index in [0.717, 1.165) is 52.6 Å². The number of rotatable bonds is 4. The van der Waals surface area contributed by atoms with E-state index in [1.807, 2.05) is 31.2 Å². The van der Waals surface area contributed by atoms with E-state index in [2.05, 4.69) is 28.2 Å². The molecule has 33 heavy (non-hydrogen) atoms. The SMILES string of the molecule is Cc1cccc(C2=C(c3ccnc(-c4ccc(S(N)(=O)=O)cc4)c3)N3CCC[C@H](C)C3N2)n1. The standard InChI is InChI=1S/C25H27N5O2S/c1-16-5-4-14-30-24(23(29-25(16)30)21-7-3-6-17(2)28-21)19-12-13-27-22(15-19)18-8-10-20(11-9-18)33(26,31)32/h3,6-13,15-16,25,29H,4-5,14H2,1-2H3,(H2,26,31,32)/t16-,25?/m0/s1. The molecule has 1 fully saturated rings. The fourth-order valence-corrected chi connectivity index (χ4v) is 5.27. The Balaban J connectivity index is 1.60. The maximum Gasteiger partial charge on any atom is 0.238 e. The van der Waals surface area contributed by atoms with Crippen LogP contribution in [0.4, 0.5) is 0 Å². The molecule has 5 rings (SSSR count). The van der Waals surface area contributed by atoms with Crippen molar-refractivity contribution >= 4 is 21.4 Å². The fraction of sp³-hybridized carbons (Fsp3) is 0.280. The predicted molar refractivity (Wildman–Crippen MR) is 129 cm³/mol. The molecule has 0 aliphatic carbocycles. The Bertz CT molecular complexity index is 1330. The summed E-state index contributed by atoms with van der Waals surface area (Å²) in [6.45, 7) is 5.27. The highest BCUT2D eigenvalue weighted by molar-refractivity contribution is 7.89. The van der Waals surface area contributed by atoms with Crippen LogP contribution >= 0.6 is 0 Å². The summed E-state index contributed by atoms with van der Waals surface area (Å²) in [7, 11) is -3.73. The monoisotopic (exact) mass is 461 g/mol. The van der Waals surface area contributed by atoms with E-state index >= 15 is 0 Å². The lowest BCUT2D eigenvalue weighted by molar-refractivity contribution is 0.164. The first-order valence-electron chi connectivity index (χ1n) is 11.1. The Labute approximate surface area is 194 Å². The number of hydrogen-bond donors (Lipinski definition) is 2. The summed E-state index contributed by atoms with van der Waals surface area (Å²) in [5.74, 6) is 0.517. The fourth-order valence-electron chi connectivity index (χ4n) is 4.76. The van der Waals surface area contributed by atoms with Crippen molar-refractivity contribution in [2.24, 2.45) is 11.1 Å². The summed E-state index contributed by atoms with van der Waals surface area (Å²) < 4.78 is 23.2. The molecular formula is C25H27N5O2S. The third kappa shape index (κ3) is 4.12. The number of aryl methyl sites for hydroxylation is 1. The molecule has 3 N–H and O–H groups in total. The highest BCUT2D eigenvalue weighted by atomic mass is 32.2. The molecule has 7 nitrogen and oxygen atoms in total. The number of hydrogen-bond acceptors (Lipinski definition) is 6. The van der Waals surface area contributed by atoms with Crippen LogP contribution in [0.2, 0.25) is 0 Å². The maximum absolute atomic E-state index is 11.6. The third-order valence-electron chi connectivity index (χ3n) is 6.41. The molecule has 2 aliphatic heterocycles. The second-order valence-corrected chi connectivity index (χ2v) is 10.4. The summed E-state index contributed by atoms with van der Waals surface area (Å²) in [5.41, 5.74) is 6.74. The number of aromatic nitrogens is 2. The summed E-state index contributed by atoms with van der Waals surface area (Å²) in [6, 6.07) is 16.7. The van der Waals surface area contributed by atoms with Crippen LogP contribution in [0.25, 0.3) is 22.7 Å². The molecule has 2 atom stereocenters. The number of benzene rings is 1. The van der Waals surface area contributed by atoms with Gasteiger partial charge in [0.15, 0.2) is 0 Å². The number of nitrogens with one attached hydrogen (secondary N) is 1. The van der Waals surface area contributed by atoms with Gasteiger partial charge in [-0.1, -0.05) is 25.1 Å². The Hall–Kier alpha value is -3.23. The molecule has 170 valence electrons. The van der Waals surface area contributed by atoms with Crippen molar-refractivity contribution < 1.29 is 8.42 Å². The van der Waals surface area contributed by atoms with E-state index < -0.39 is 10.0 Å². The average Bonchev–Trinajstić information content (AvgIpc) is 3.20. The van der Waals surface area contributed by atoms with Crippen molar-refractivity contribution in [1.82, 2.24) is 20.2 Å². The number of sulfonamides is 1. The van der Waals surface area contributed by atoms with E-state index in [1.54, 1.807) is 18.3 Å². The minimum atomic E-state index is -3.73. The van der Waals surface area contributed by atoms with Gasteiger partial charge in [-0.05, 0) is 62.1 Å². The lowest BCUT2D eigenvalue weighted by Gasteiger charge is -2.37. The second kappa shape index (κ2) is 8.28. The zero-order valence-electron chi connectivity index (χ0n) is 18.7. The van der Waals surface area contributed by atoms with Crippen molar-refractivity contribution in [1.29, 1.82) is 0 Å². The summed E-state index contributed by atoms with van der Waals surface area (Å²) >= 11 is 0. The van der Waals surface area contributed by atoms with Gasteiger partial charge in [-0.15, -0.1) is 0 Å². The number of primary sulfonamides is 1. The molecule has 0 radical (unpaired) electrons. The highest BCUT2D eigenvalue weighted by Gasteiger charge is 2.38. The third-order valence-corrected chi connectivity index (χ3v) is 7.34.